The lowest BCUT2D eigenvalue weighted by atomic mass is 10.0. The highest BCUT2D eigenvalue weighted by Gasteiger charge is 2.10. The zero-order valence-corrected chi connectivity index (χ0v) is 12.2. The second-order valence-corrected chi connectivity index (χ2v) is 4.68. The normalized spacial score (nSPS) is 10.9. The summed E-state index contributed by atoms with van der Waals surface area (Å²) in [5.41, 5.74) is 2.35. The molecule has 0 bridgehead atoms. The van der Waals surface area contributed by atoms with Gasteiger partial charge in [-0.05, 0) is 30.4 Å². The van der Waals surface area contributed by atoms with Crippen molar-refractivity contribution in [2.24, 2.45) is 0 Å². The minimum absolute atomic E-state index is 0.0969. The molecule has 2 heteroatoms. The Morgan fingerprint density at radius 2 is 1.63 bits per heavy atom. The van der Waals surface area contributed by atoms with Crippen LogP contribution in [0.2, 0.25) is 0 Å². The quantitative estimate of drug-likeness (QED) is 0.571. The number of ether oxygens (including phenoxy) is 2. The molecular formula is C17H26O2. The fourth-order valence-corrected chi connectivity index (χ4v) is 1.82. The van der Waals surface area contributed by atoms with Gasteiger partial charge in [0, 0.05) is 19.6 Å². The minimum Gasteiger partial charge on any atom is -0.353 e. The topological polar surface area (TPSA) is 18.5 Å². The van der Waals surface area contributed by atoms with Crippen LogP contribution in [0, 0.1) is 0 Å². The highest BCUT2D eigenvalue weighted by Crippen LogP contribution is 2.19. The molecule has 0 fully saturated rings. The Morgan fingerprint density at radius 1 is 1.05 bits per heavy atom. The van der Waals surface area contributed by atoms with Crippen LogP contribution in [0.3, 0.4) is 0 Å². The number of hydrogen-bond acceptors (Lipinski definition) is 2. The SMILES string of the molecule is C=C(CCC(OCCC)OCCC)c1ccccc1. The fourth-order valence-electron chi connectivity index (χ4n) is 1.82. The van der Waals surface area contributed by atoms with Crippen molar-refractivity contribution in [3.05, 3.63) is 42.5 Å². The maximum Gasteiger partial charge on any atom is 0.157 e. The molecule has 0 aromatic heterocycles. The maximum absolute atomic E-state index is 5.72. The molecule has 19 heavy (non-hydrogen) atoms. The van der Waals surface area contributed by atoms with Crippen molar-refractivity contribution in [2.45, 2.75) is 45.8 Å². The first-order valence-corrected chi connectivity index (χ1v) is 7.24. The molecule has 0 radical (unpaired) electrons. The van der Waals surface area contributed by atoms with E-state index in [1.54, 1.807) is 0 Å². The molecule has 0 atom stereocenters. The molecule has 1 aromatic rings. The summed E-state index contributed by atoms with van der Waals surface area (Å²) in [6.07, 6.45) is 3.72. The highest BCUT2D eigenvalue weighted by molar-refractivity contribution is 5.62. The summed E-state index contributed by atoms with van der Waals surface area (Å²) in [7, 11) is 0. The van der Waals surface area contributed by atoms with Gasteiger partial charge in [-0.25, -0.2) is 0 Å². The van der Waals surface area contributed by atoms with E-state index >= 15 is 0 Å². The average molecular weight is 262 g/mol. The predicted octanol–water partition coefficient (Wildman–Crippen LogP) is 4.66. The van der Waals surface area contributed by atoms with Crippen molar-refractivity contribution >= 4 is 5.57 Å². The molecule has 106 valence electrons. The Hall–Kier alpha value is -1.12. The predicted molar refractivity (Wildman–Crippen MR) is 81.0 cm³/mol. The Balaban J connectivity index is 2.39. The third kappa shape index (κ3) is 6.55. The monoisotopic (exact) mass is 262 g/mol. The van der Waals surface area contributed by atoms with Gasteiger partial charge in [0.25, 0.3) is 0 Å². The second-order valence-electron chi connectivity index (χ2n) is 4.68. The number of hydrogen-bond donors (Lipinski definition) is 0. The van der Waals surface area contributed by atoms with Crippen LogP contribution < -0.4 is 0 Å². The molecule has 0 aliphatic heterocycles. The van der Waals surface area contributed by atoms with E-state index in [9.17, 15) is 0 Å². The molecule has 0 N–H and O–H groups in total. The zero-order chi connectivity index (χ0) is 13.9. The molecule has 1 rings (SSSR count). The van der Waals surface area contributed by atoms with Gasteiger partial charge in [0.2, 0.25) is 0 Å². The third-order valence-electron chi connectivity index (χ3n) is 2.88. The van der Waals surface area contributed by atoms with Crippen LogP contribution in [0.5, 0.6) is 0 Å². The summed E-state index contributed by atoms with van der Waals surface area (Å²) in [6.45, 7) is 9.88. The fraction of sp³-hybridized carbons (Fsp3) is 0.529. The highest BCUT2D eigenvalue weighted by atomic mass is 16.7. The molecule has 0 unspecified atom stereocenters. The van der Waals surface area contributed by atoms with Gasteiger partial charge < -0.3 is 9.47 Å². The molecule has 0 saturated heterocycles. The van der Waals surface area contributed by atoms with E-state index < -0.39 is 0 Å². The van der Waals surface area contributed by atoms with Gasteiger partial charge in [-0.15, -0.1) is 0 Å². The molecule has 0 heterocycles. The Morgan fingerprint density at radius 3 is 2.16 bits per heavy atom. The summed E-state index contributed by atoms with van der Waals surface area (Å²) in [5, 5.41) is 0. The van der Waals surface area contributed by atoms with E-state index in [4.69, 9.17) is 9.47 Å². The lowest BCUT2D eigenvalue weighted by molar-refractivity contribution is -0.144. The average Bonchev–Trinajstić information content (AvgIpc) is 2.47. The van der Waals surface area contributed by atoms with E-state index in [0.717, 1.165) is 44.5 Å². The van der Waals surface area contributed by atoms with Crippen molar-refractivity contribution < 1.29 is 9.47 Å². The zero-order valence-electron chi connectivity index (χ0n) is 12.2. The van der Waals surface area contributed by atoms with Crippen LogP contribution in [0.15, 0.2) is 36.9 Å². The first kappa shape index (κ1) is 15.9. The molecule has 0 saturated carbocycles. The largest absolute Gasteiger partial charge is 0.353 e. The molecule has 0 aliphatic carbocycles. The summed E-state index contributed by atoms with van der Waals surface area (Å²) in [6, 6.07) is 10.3. The van der Waals surface area contributed by atoms with Crippen LogP contribution in [0.25, 0.3) is 5.57 Å². The first-order chi connectivity index (χ1) is 9.27. The summed E-state index contributed by atoms with van der Waals surface area (Å²) < 4.78 is 11.4. The van der Waals surface area contributed by atoms with Crippen molar-refractivity contribution in [1.29, 1.82) is 0 Å². The van der Waals surface area contributed by atoms with E-state index in [0.29, 0.717) is 0 Å². The molecule has 0 aliphatic rings. The first-order valence-electron chi connectivity index (χ1n) is 7.24. The number of allylic oxidation sites excluding steroid dienone is 1. The van der Waals surface area contributed by atoms with Crippen molar-refractivity contribution in [2.75, 3.05) is 13.2 Å². The van der Waals surface area contributed by atoms with E-state index in [1.807, 2.05) is 18.2 Å². The van der Waals surface area contributed by atoms with Crippen molar-refractivity contribution in [1.82, 2.24) is 0 Å². The van der Waals surface area contributed by atoms with Crippen LogP contribution >= 0.6 is 0 Å². The van der Waals surface area contributed by atoms with Crippen LogP contribution in [-0.4, -0.2) is 19.5 Å². The van der Waals surface area contributed by atoms with Crippen LogP contribution in [-0.2, 0) is 9.47 Å². The lowest BCUT2D eigenvalue weighted by Crippen LogP contribution is -2.18. The Bertz CT molecular complexity index is 338. The van der Waals surface area contributed by atoms with Gasteiger partial charge in [-0.1, -0.05) is 50.8 Å². The van der Waals surface area contributed by atoms with Gasteiger partial charge in [0.15, 0.2) is 6.29 Å². The van der Waals surface area contributed by atoms with Gasteiger partial charge in [0.05, 0.1) is 0 Å². The summed E-state index contributed by atoms with van der Waals surface area (Å²) in [4.78, 5) is 0. The summed E-state index contributed by atoms with van der Waals surface area (Å²) >= 11 is 0. The van der Waals surface area contributed by atoms with Crippen LogP contribution in [0.4, 0.5) is 0 Å². The number of benzene rings is 1. The van der Waals surface area contributed by atoms with Crippen LogP contribution in [0.1, 0.15) is 45.1 Å². The lowest BCUT2D eigenvalue weighted by Gasteiger charge is -2.18. The standard InChI is InChI=1S/C17H26O2/c1-4-13-18-17(19-14-5-2)12-11-15(3)16-9-7-6-8-10-16/h6-10,17H,3-5,11-14H2,1-2H3. The molecule has 0 spiro atoms. The third-order valence-corrected chi connectivity index (χ3v) is 2.88. The summed E-state index contributed by atoms with van der Waals surface area (Å²) in [5.74, 6) is 0. The van der Waals surface area contributed by atoms with Crippen molar-refractivity contribution in [3.63, 3.8) is 0 Å². The smallest absolute Gasteiger partial charge is 0.157 e. The van der Waals surface area contributed by atoms with Gasteiger partial charge in [-0.3, -0.25) is 0 Å². The minimum atomic E-state index is -0.0969. The molecular weight excluding hydrogens is 236 g/mol. The molecule has 2 nitrogen and oxygen atoms in total. The van der Waals surface area contributed by atoms with Gasteiger partial charge in [-0.2, -0.15) is 0 Å². The Labute approximate surface area is 117 Å². The van der Waals surface area contributed by atoms with Crippen molar-refractivity contribution in [3.8, 4) is 0 Å². The molecule has 0 amide bonds. The Kier molecular flexibility index (Phi) is 8.19. The molecule has 1 aromatic carbocycles. The van der Waals surface area contributed by atoms with Gasteiger partial charge in [0.1, 0.15) is 0 Å². The van der Waals surface area contributed by atoms with E-state index in [1.165, 1.54) is 5.56 Å². The van der Waals surface area contributed by atoms with Gasteiger partial charge >= 0.3 is 0 Å². The van der Waals surface area contributed by atoms with E-state index in [2.05, 4.69) is 32.6 Å². The maximum atomic E-state index is 5.72. The van der Waals surface area contributed by atoms with E-state index in [-0.39, 0.29) is 6.29 Å². The number of rotatable bonds is 10. The second kappa shape index (κ2) is 9.76.